The van der Waals surface area contributed by atoms with E-state index in [1.807, 2.05) is 19.1 Å². The number of ether oxygens (including phenoxy) is 2. The van der Waals surface area contributed by atoms with E-state index in [1.54, 1.807) is 0 Å². The molecule has 4 nitrogen and oxygen atoms in total. The number of carbonyl (C=O) groups is 2. The molecule has 2 fully saturated rings. The van der Waals surface area contributed by atoms with Gasteiger partial charge >= 0.3 is 11.9 Å². The van der Waals surface area contributed by atoms with E-state index in [4.69, 9.17) is 9.47 Å². The van der Waals surface area contributed by atoms with Crippen LogP contribution in [0.25, 0.3) is 0 Å². The Kier molecular flexibility index (Phi) is 3.75. The maximum Gasteiger partial charge on any atom is 0.314 e. The van der Waals surface area contributed by atoms with Gasteiger partial charge in [0.1, 0.15) is 5.92 Å². The molecule has 4 aliphatic rings. The van der Waals surface area contributed by atoms with Crippen LogP contribution in [-0.4, -0.2) is 24.6 Å². The second kappa shape index (κ2) is 5.07. The Labute approximate surface area is 150 Å². The van der Waals surface area contributed by atoms with E-state index in [1.165, 1.54) is 7.11 Å². The quantitative estimate of drug-likeness (QED) is 0.381. The van der Waals surface area contributed by atoms with Gasteiger partial charge in [-0.3, -0.25) is 9.59 Å². The van der Waals surface area contributed by atoms with Crippen molar-refractivity contribution >= 4 is 34.5 Å². The van der Waals surface area contributed by atoms with Crippen LogP contribution in [0.1, 0.15) is 33.6 Å². The lowest BCUT2D eigenvalue weighted by Crippen LogP contribution is -2.70. The molecule has 126 valence electrons. The molecule has 2 aliphatic heterocycles. The van der Waals surface area contributed by atoms with Crippen molar-refractivity contribution in [2.24, 2.45) is 28.6 Å². The zero-order chi connectivity index (χ0) is 17.2. The lowest BCUT2D eigenvalue weighted by molar-refractivity contribution is -0.231. The van der Waals surface area contributed by atoms with Crippen molar-refractivity contribution < 1.29 is 19.1 Å². The summed E-state index contributed by atoms with van der Waals surface area (Å²) in [4.78, 5) is 25.3. The SMILES string of the molecule is C=CC1(C)CC[C@H]2C(C)(C)[C@@H]3C=C(I)[C@]2(OC3=O)[C@H]1C(=O)OC. The molecule has 0 amide bonds. The largest absolute Gasteiger partial charge is 0.469 e. The van der Waals surface area contributed by atoms with Crippen molar-refractivity contribution in [3.05, 3.63) is 22.3 Å². The number of carbonyl (C=O) groups excluding carboxylic acids is 2. The van der Waals surface area contributed by atoms with Gasteiger partial charge in [0.25, 0.3) is 0 Å². The molecule has 2 heterocycles. The lowest BCUT2D eigenvalue weighted by Gasteiger charge is -2.64. The highest BCUT2D eigenvalue weighted by atomic mass is 127. The van der Waals surface area contributed by atoms with Gasteiger partial charge in [-0.05, 0) is 40.8 Å². The van der Waals surface area contributed by atoms with Crippen LogP contribution in [0, 0.1) is 28.6 Å². The lowest BCUT2D eigenvalue weighted by atomic mass is 9.46. The van der Waals surface area contributed by atoms with Gasteiger partial charge in [-0.1, -0.05) is 32.9 Å². The minimum absolute atomic E-state index is 0.103. The summed E-state index contributed by atoms with van der Waals surface area (Å²) in [5.74, 6) is -1.26. The maximum absolute atomic E-state index is 12.7. The third-order valence-electron chi connectivity index (χ3n) is 6.39. The van der Waals surface area contributed by atoms with Gasteiger partial charge in [-0.25, -0.2) is 0 Å². The first-order valence-corrected chi connectivity index (χ1v) is 9.05. The van der Waals surface area contributed by atoms with Crippen LogP contribution in [0.4, 0.5) is 0 Å². The molecule has 0 aromatic carbocycles. The number of halogens is 1. The molecule has 0 radical (unpaired) electrons. The van der Waals surface area contributed by atoms with Crippen LogP contribution in [-0.2, 0) is 19.1 Å². The molecule has 2 bridgehead atoms. The summed E-state index contributed by atoms with van der Waals surface area (Å²) >= 11 is 2.24. The number of methoxy groups -OCH3 is 1. The summed E-state index contributed by atoms with van der Waals surface area (Å²) in [7, 11) is 1.39. The molecule has 1 unspecified atom stereocenters. The summed E-state index contributed by atoms with van der Waals surface area (Å²) in [5.41, 5.74) is -1.63. The number of allylic oxidation sites excluding steroid dienone is 1. The van der Waals surface area contributed by atoms with Crippen molar-refractivity contribution in [2.45, 2.75) is 39.2 Å². The van der Waals surface area contributed by atoms with Gasteiger partial charge in [0, 0.05) is 14.9 Å². The average Bonchev–Trinajstić information content (AvgIpc) is 2.48. The van der Waals surface area contributed by atoms with Crippen LogP contribution in [0.5, 0.6) is 0 Å². The molecule has 5 atom stereocenters. The Morgan fingerprint density at radius 2 is 2.13 bits per heavy atom. The van der Waals surface area contributed by atoms with Gasteiger partial charge < -0.3 is 9.47 Å². The van der Waals surface area contributed by atoms with Gasteiger partial charge in [0.15, 0.2) is 5.60 Å². The first-order chi connectivity index (χ1) is 10.6. The second-order valence-electron chi connectivity index (χ2n) is 7.79. The smallest absolute Gasteiger partial charge is 0.314 e. The number of rotatable bonds is 2. The third kappa shape index (κ3) is 1.94. The zero-order valence-electron chi connectivity index (χ0n) is 14.0. The monoisotopic (exact) mass is 430 g/mol. The normalized spacial score (nSPS) is 44.0. The number of hydrogen-bond donors (Lipinski definition) is 0. The van der Waals surface area contributed by atoms with E-state index >= 15 is 0 Å². The highest BCUT2D eigenvalue weighted by molar-refractivity contribution is 14.1. The van der Waals surface area contributed by atoms with E-state index in [9.17, 15) is 9.59 Å². The average molecular weight is 430 g/mol. The first kappa shape index (κ1) is 17.0. The molecule has 4 rings (SSSR count). The van der Waals surface area contributed by atoms with Crippen molar-refractivity contribution in [1.82, 2.24) is 0 Å². The van der Waals surface area contributed by atoms with E-state index < -0.39 is 16.9 Å². The molecular formula is C18H23IO4. The number of fused-ring (bicyclic) bond motifs is 1. The topological polar surface area (TPSA) is 52.6 Å². The van der Waals surface area contributed by atoms with E-state index in [-0.39, 0.29) is 29.2 Å². The van der Waals surface area contributed by atoms with Crippen LogP contribution in [0.15, 0.2) is 22.3 Å². The fourth-order valence-electron chi connectivity index (χ4n) is 5.00. The number of hydrogen-bond acceptors (Lipinski definition) is 4. The highest BCUT2D eigenvalue weighted by Crippen LogP contribution is 2.67. The molecule has 23 heavy (non-hydrogen) atoms. The Hall–Kier alpha value is -0.850. The third-order valence-corrected chi connectivity index (χ3v) is 7.59. The molecule has 0 aromatic rings. The Balaban J connectivity index is 2.27. The molecule has 5 heteroatoms. The molecule has 1 spiro atoms. The molecule has 1 saturated carbocycles. The van der Waals surface area contributed by atoms with Crippen LogP contribution < -0.4 is 0 Å². The Morgan fingerprint density at radius 1 is 1.48 bits per heavy atom. The summed E-state index contributed by atoms with van der Waals surface area (Å²) in [5, 5.41) is 0. The van der Waals surface area contributed by atoms with Crippen molar-refractivity contribution in [1.29, 1.82) is 0 Å². The fourth-order valence-corrected chi connectivity index (χ4v) is 6.16. The predicted molar refractivity (Wildman–Crippen MR) is 94.7 cm³/mol. The van der Waals surface area contributed by atoms with Crippen molar-refractivity contribution in [2.75, 3.05) is 7.11 Å². The van der Waals surface area contributed by atoms with E-state index in [0.717, 1.165) is 16.4 Å². The second-order valence-corrected chi connectivity index (χ2v) is 8.95. The van der Waals surface area contributed by atoms with Crippen LogP contribution >= 0.6 is 22.6 Å². The van der Waals surface area contributed by atoms with Crippen molar-refractivity contribution in [3.63, 3.8) is 0 Å². The molecule has 0 N–H and O–H groups in total. The van der Waals surface area contributed by atoms with Crippen molar-refractivity contribution in [3.8, 4) is 0 Å². The predicted octanol–water partition coefficient (Wildman–Crippen LogP) is 3.65. The molecule has 1 saturated heterocycles. The first-order valence-electron chi connectivity index (χ1n) is 7.97. The van der Waals surface area contributed by atoms with Gasteiger partial charge in [-0.2, -0.15) is 0 Å². The highest BCUT2D eigenvalue weighted by Gasteiger charge is 2.72. The Morgan fingerprint density at radius 3 is 2.70 bits per heavy atom. The van der Waals surface area contributed by atoms with E-state index in [0.29, 0.717) is 0 Å². The maximum atomic E-state index is 12.7. The fraction of sp³-hybridized carbons (Fsp3) is 0.667. The van der Waals surface area contributed by atoms with Gasteiger partial charge in [-0.15, -0.1) is 6.58 Å². The van der Waals surface area contributed by atoms with Gasteiger partial charge in [0.2, 0.25) is 0 Å². The molecular weight excluding hydrogens is 407 g/mol. The van der Waals surface area contributed by atoms with Crippen LogP contribution in [0.2, 0.25) is 0 Å². The summed E-state index contributed by atoms with van der Waals surface area (Å²) in [6.07, 6.45) is 5.55. The summed E-state index contributed by atoms with van der Waals surface area (Å²) in [6.45, 7) is 10.2. The minimum atomic E-state index is -0.926. The van der Waals surface area contributed by atoms with Gasteiger partial charge in [0.05, 0.1) is 13.0 Å². The molecule has 2 aliphatic carbocycles. The molecule has 0 aromatic heterocycles. The minimum Gasteiger partial charge on any atom is -0.469 e. The van der Waals surface area contributed by atoms with E-state index in [2.05, 4.69) is 43.0 Å². The van der Waals surface area contributed by atoms with Crippen LogP contribution in [0.3, 0.4) is 0 Å². The zero-order valence-corrected chi connectivity index (χ0v) is 16.2. The Bertz CT molecular complexity index is 623. The standard InChI is InChI=1S/C18H23IO4/c1-6-17(4)8-7-11-16(2,3)10-9-12(19)18(11,23-14(10)20)13(17)15(21)22-5/h6,9-11,13H,1,7-8H2,2-5H3/t10-,11+,13+,17?,18+/m1/s1. The summed E-state index contributed by atoms with van der Waals surface area (Å²) in [6, 6.07) is 0. The number of esters is 2. The summed E-state index contributed by atoms with van der Waals surface area (Å²) < 4.78 is 12.1.